The van der Waals surface area contributed by atoms with Gasteiger partial charge in [-0.25, -0.2) is 9.59 Å². The Balaban J connectivity index is 1.52. The molecule has 0 aliphatic rings. The molecule has 1 unspecified atom stereocenters. The highest BCUT2D eigenvalue weighted by molar-refractivity contribution is 5.96. The van der Waals surface area contributed by atoms with E-state index in [0.717, 1.165) is 16.7 Å². The van der Waals surface area contributed by atoms with E-state index in [0.29, 0.717) is 41.5 Å². The predicted molar refractivity (Wildman–Crippen MR) is 152 cm³/mol. The highest BCUT2D eigenvalue weighted by Gasteiger charge is 2.24. The van der Waals surface area contributed by atoms with Crippen LogP contribution in [-0.2, 0) is 11.3 Å². The first-order valence-corrected chi connectivity index (χ1v) is 13.0. The first kappa shape index (κ1) is 26.5. The SMILES string of the molecule is CCOc1cn2c(C(OC(=O)NCc3ccccc3)c3ccc(-c4ccccc4C(=O)O)cc3)ccc(C)c2n1. The van der Waals surface area contributed by atoms with Gasteiger partial charge in [0.2, 0.25) is 5.88 Å². The monoisotopic (exact) mass is 535 g/mol. The van der Waals surface area contributed by atoms with Gasteiger partial charge >= 0.3 is 12.1 Å². The van der Waals surface area contributed by atoms with Crippen molar-refractivity contribution in [2.24, 2.45) is 0 Å². The molecule has 5 rings (SSSR count). The van der Waals surface area contributed by atoms with Gasteiger partial charge in [-0.3, -0.25) is 4.40 Å². The van der Waals surface area contributed by atoms with Crippen LogP contribution >= 0.6 is 0 Å². The molecule has 5 aromatic rings. The Labute approximate surface area is 231 Å². The maximum absolute atomic E-state index is 13.0. The lowest BCUT2D eigenvalue weighted by molar-refractivity contribution is 0.0697. The molecule has 0 spiro atoms. The van der Waals surface area contributed by atoms with Gasteiger partial charge in [-0.1, -0.05) is 78.9 Å². The summed E-state index contributed by atoms with van der Waals surface area (Å²) in [5.41, 5.74) is 5.55. The molecule has 1 amide bonds. The molecule has 0 bridgehead atoms. The molecule has 8 heteroatoms. The van der Waals surface area contributed by atoms with Gasteiger partial charge in [0.15, 0.2) is 6.10 Å². The highest BCUT2D eigenvalue weighted by Crippen LogP contribution is 2.32. The molecule has 8 nitrogen and oxygen atoms in total. The van der Waals surface area contributed by atoms with Crippen LogP contribution in [0.4, 0.5) is 4.79 Å². The summed E-state index contributed by atoms with van der Waals surface area (Å²) in [5.74, 6) is -0.519. The fraction of sp³-hybridized carbons (Fsp3) is 0.156. The third kappa shape index (κ3) is 5.66. The van der Waals surface area contributed by atoms with Crippen LogP contribution in [0.1, 0.15) is 45.8 Å². The quantitative estimate of drug-likeness (QED) is 0.226. The number of carbonyl (C=O) groups excluding carboxylic acids is 1. The summed E-state index contributed by atoms with van der Waals surface area (Å²) < 4.78 is 13.6. The van der Waals surface area contributed by atoms with Crippen LogP contribution in [0.15, 0.2) is 97.2 Å². The number of amides is 1. The van der Waals surface area contributed by atoms with E-state index in [2.05, 4.69) is 10.3 Å². The van der Waals surface area contributed by atoms with Crippen molar-refractivity contribution in [3.05, 3.63) is 125 Å². The smallest absolute Gasteiger partial charge is 0.408 e. The average molecular weight is 536 g/mol. The normalized spacial score (nSPS) is 11.7. The van der Waals surface area contributed by atoms with E-state index in [1.807, 2.05) is 85.0 Å². The highest BCUT2D eigenvalue weighted by atomic mass is 16.6. The molecule has 40 heavy (non-hydrogen) atoms. The largest absolute Gasteiger partial charge is 0.478 e. The van der Waals surface area contributed by atoms with Gasteiger partial charge in [-0.05, 0) is 53.8 Å². The van der Waals surface area contributed by atoms with E-state index in [4.69, 9.17) is 9.47 Å². The molecule has 0 fully saturated rings. The van der Waals surface area contributed by atoms with Crippen LogP contribution in [0.25, 0.3) is 16.8 Å². The fourth-order valence-corrected chi connectivity index (χ4v) is 4.61. The molecule has 2 heterocycles. The third-order valence-corrected chi connectivity index (χ3v) is 6.57. The number of imidazole rings is 1. The number of aryl methyl sites for hydroxylation is 1. The Morgan fingerprint density at radius 1 is 0.950 bits per heavy atom. The summed E-state index contributed by atoms with van der Waals surface area (Å²) in [4.78, 5) is 29.4. The minimum atomic E-state index is -0.997. The van der Waals surface area contributed by atoms with Crippen molar-refractivity contribution in [2.75, 3.05) is 6.61 Å². The molecule has 0 aliphatic carbocycles. The van der Waals surface area contributed by atoms with Gasteiger partial charge in [0.25, 0.3) is 0 Å². The van der Waals surface area contributed by atoms with Crippen molar-refractivity contribution in [3.8, 4) is 17.0 Å². The molecular formula is C32H29N3O5. The Morgan fingerprint density at radius 3 is 2.40 bits per heavy atom. The number of pyridine rings is 1. The molecule has 0 saturated heterocycles. The van der Waals surface area contributed by atoms with Crippen molar-refractivity contribution in [2.45, 2.75) is 26.5 Å². The second-order valence-corrected chi connectivity index (χ2v) is 9.24. The van der Waals surface area contributed by atoms with Crippen LogP contribution in [0.3, 0.4) is 0 Å². The number of fused-ring (bicyclic) bond motifs is 1. The van der Waals surface area contributed by atoms with Crippen LogP contribution in [-0.4, -0.2) is 33.2 Å². The number of hydrogen-bond donors (Lipinski definition) is 2. The zero-order chi connectivity index (χ0) is 28.1. The summed E-state index contributed by atoms with van der Waals surface area (Å²) in [6.45, 7) is 4.64. The molecule has 0 aliphatic heterocycles. The zero-order valence-electron chi connectivity index (χ0n) is 22.2. The van der Waals surface area contributed by atoms with Crippen molar-refractivity contribution in [3.63, 3.8) is 0 Å². The second kappa shape index (κ2) is 11.7. The van der Waals surface area contributed by atoms with E-state index in [9.17, 15) is 14.7 Å². The molecular weight excluding hydrogens is 506 g/mol. The first-order valence-electron chi connectivity index (χ1n) is 13.0. The topological polar surface area (TPSA) is 102 Å². The number of alkyl carbamates (subject to hydrolysis) is 1. The molecule has 202 valence electrons. The number of nitrogens with zero attached hydrogens (tertiary/aromatic N) is 2. The summed E-state index contributed by atoms with van der Waals surface area (Å²) in [5, 5.41) is 12.5. The maximum Gasteiger partial charge on any atom is 0.408 e. The van der Waals surface area contributed by atoms with E-state index < -0.39 is 18.2 Å². The summed E-state index contributed by atoms with van der Waals surface area (Å²) >= 11 is 0. The number of ether oxygens (including phenoxy) is 2. The number of rotatable bonds is 9. The van der Waals surface area contributed by atoms with E-state index in [-0.39, 0.29) is 5.56 Å². The average Bonchev–Trinajstić information content (AvgIpc) is 3.41. The van der Waals surface area contributed by atoms with Gasteiger partial charge in [-0.15, -0.1) is 0 Å². The molecule has 2 N–H and O–H groups in total. The number of carboxylic acids is 1. The number of nitrogens with one attached hydrogen (secondary N) is 1. The Morgan fingerprint density at radius 2 is 1.68 bits per heavy atom. The number of carboxylic acid groups (broad SMARTS) is 1. The second-order valence-electron chi connectivity index (χ2n) is 9.24. The maximum atomic E-state index is 13.0. The number of aromatic carboxylic acids is 1. The molecule has 0 saturated carbocycles. The van der Waals surface area contributed by atoms with Gasteiger partial charge in [0, 0.05) is 6.54 Å². The summed E-state index contributed by atoms with van der Waals surface area (Å²) in [7, 11) is 0. The van der Waals surface area contributed by atoms with Crippen molar-refractivity contribution < 1.29 is 24.2 Å². The fourth-order valence-electron chi connectivity index (χ4n) is 4.61. The lowest BCUT2D eigenvalue weighted by Crippen LogP contribution is -2.26. The zero-order valence-corrected chi connectivity index (χ0v) is 22.2. The van der Waals surface area contributed by atoms with Crippen LogP contribution in [0, 0.1) is 6.92 Å². The summed E-state index contributed by atoms with van der Waals surface area (Å²) in [6.07, 6.45) is 0.427. The van der Waals surface area contributed by atoms with E-state index in [1.54, 1.807) is 30.5 Å². The Bertz CT molecular complexity index is 1650. The number of hydrogen-bond acceptors (Lipinski definition) is 5. The van der Waals surface area contributed by atoms with Crippen LogP contribution in [0.5, 0.6) is 5.88 Å². The predicted octanol–water partition coefficient (Wildman–Crippen LogP) is 6.42. The molecule has 2 aromatic heterocycles. The first-order chi connectivity index (χ1) is 19.4. The number of carbonyl (C=O) groups is 2. The van der Waals surface area contributed by atoms with Crippen molar-refractivity contribution in [1.29, 1.82) is 0 Å². The minimum absolute atomic E-state index is 0.213. The van der Waals surface area contributed by atoms with Gasteiger partial charge in [0.1, 0.15) is 5.65 Å². The molecule has 1 atom stereocenters. The molecule has 0 radical (unpaired) electrons. The Kier molecular flexibility index (Phi) is 7.77. The number of benzene rings is 3. The van der Waals surface area contributed by atoms with Crippen molar-refractivity contribution >= 4 is 17.7 Å². The lowest BCUT2D eigenvalue weighted by atomic mass is 9.97. The van der Waals surface area contributed by atoms with E-state index >= 15 is 0 Å². The standard InChI is InChI=1S/C32H29N3O5/c1-3-39-28-20-35-27(18-13-21(2)30(35)34-28)29(40-32(38)33-19-22-9-5-4-6-10-22)24-16-14-23(15-17-24)25-11-7-8-12-26(25)31(36)37/h4-18,20,29H,3,19H2,1-2H3,(H,33,38)(H,36,37). The van der Waals surface area contributed by atoms with Crippen LogP contribution in [0.2, 0.25) is 0 Å². The molecule has 3 aromatic carbocycles. The van der Waals surface area contributed by atoms with Gasteiger partial charge in [-0.2, -0.15) is 4.98 Å². The van der Waals surface area contributed by atoms with Gasteiger partial charge in [0.05, 0.1) is 24.1 Å². The lowest BCUT2D eigenvalue weighted by Gasteiger charge is -2.21. The van der Waals surface area contributed by atoms with Gasteiger partial charge < -0.3 is 19.9 Å². The van der Waals surface area contributed by atoms with E-state index in [1.165, 1.54) is 0 Å². The minimum Gasteiger partial charge on any atom is -0.478 e. The summed E-state index contributed by atoms with van der Waals surface area (Å²) in [6, 6.07) is 27.6. The number of aromatic nitrogens is 2. The Hall–Kier alpha value is -5.11. The van der Waals surface area contributed by atoms with Crippen molar-refractivity contribution in [1.82, 2.24) is 14.7 Å². The third-order valence-electron chi connectivity index (χ3n) is 6.57. The van der Waals surface area contributed by atoms with Crippen LogP contribution < -0.4 is 10.1 Å².